The maximum Gasteiger partial charge on any atom is 0.333 e. The van der Waals surface area contributed by atoms with E-state index < -0.39 is 0 Å². The molecule has 2 aromatic rings. The fourth-order valence-corrected chi connectivity index (χ4v) is 3.34. The minimum Gasteiger partial charge on any atom is -0.490 e. The molecule has 1 fully saturated rings. The third-order valence-electron chi connectivity index (χ3n) is 3.70. The first-order valence-corrected chi connectivity index (χ1v) is 7.85. The highest BCUT2D eigenvalue weighted by Gasteiger charge is 2.29. The summed E-state index contributed by atoms with van der Waals surface area (Å²) in [5.74, 6) is 0.279. The first-order chi connectivity index (χ1) is 10.7. The van der Waals surface area contributed by atoms with Crippen LogP contribution in [0.25, 0.3) is 0 Å². The van der Waals surface area contributed by atoms with Crippen LogP contribution >= 0.6 is 11.3 Å². The molecule has 0 spiro atoms. The minimum atomic E-state index is -0.386. The van der Waals surface area contributed by atoms with Crippen LogP contribution in [0.1, 0.15) is 11.7 Å². The number of methoxy groups -OCH3 is 1. The van der Waals surface area contributed by atoms with E-state index >= 15 is 0 Å². The van der Waals surface area contributed by atoms with Gasteiger partial charge in [-0.1, -0.05) is 6.07 Å². The van der Waals surface area contributed by atoms with Crippen molar-refractivity contribution >= 4 is 22.7 Å². The average molecular weight is 320 g/mol. The van der Waals surface area contributed by atoms with E-state index in [1.807, 2.05) is 21.7 Å². The fraction of sp³-hybridized carbons (Fsp3) is 0.333. The third-order valence-corrected chi connectivity index (χ3v) is 4.40. The number of nitro benzene ring substituents is 1. The SMILES string of the molecule is COc1cccc(N2CCO[C@H](c3ccsc3)C2)c1[N+](=O)[O-]. The van der Waals surface area contributed by atoms with Crippen molar-refractivity contribution in [3.05, 3.63) is 50.7 Å². The highest BCUT2D eigenvalue weighted by molar-refractivity contribution is 7.07. The van der Waals surface area contributed by atoms with E-state index in [-0.39, 0.29) is 22.5 Å². The van der Waals surface area contributed by atoms with Crippen LogP contribution < -0.4 is 9.64 Å². The topological polar surface area (TPSA) is 64.8 Å². The van der Waals surface area contributed by atoms with Crippen LogP contribution in [0.4, 0.5) is 11.4 Å². The highest BCUT2D eigenvalue weighted by Crippen LogP contribution is 2.38. The van der Waals surface area contributed by atoms with Crippen molar-refractivity contribution in [2.45, 2.75) is 6.10 Å². The second kappa shape index (κ2) is 6.33. The molecule has 0 N–H and O–H groups in total. The number of hydrogen-bond acceptors (Lipinski definition) is 6. The maximum atomic E-state index is 11.4. The summed E-state index contributed by atoms with van der Waals surface area (Å²) >= 11 is 1.62. The lowest BCUT2D eigenvalue weighted by Gasteiger charge is -2.34. The Labute approximate surface area is 132 Å². The van der Waals surface area contributed by atoms with Crippen molar-refractivity contribution in [3.63, 3.8) is 0 Å². The largest absolute Gasteiger partial charge is 0.490 e. The number of nitro groups is 1. The molecule has 0 bridgehead atoms. The molecule has 1 aromatic heterocycles. The molecule has 6 nitrogen and oxygen atoms in total. The van der Waals surface area contributed by atoms with Crippen molar-refractivity contribution < 1.29 is 14.4 Å². The summed E-state index contributed by atoms with van der Waals surface area (Å²) in [7, 11) is 1.44. The molecule has 1 aromatic carbocycles. The smallest absolute Gasteiger partial charge is 0.333 e. The van der Waals surface area contributed by atoms with Crippen molar-refractivity contribution in [3.8, 4) is 5.75 Å². The Morgan fingerprint density at radius 3 is 3.00 bits per heavy atom. The molecule has 116 valence electrons. The number of rotatable bonds is 4. The number of anilines is 1. The zero-order valence-corrected chi connectivity index (χ0v) is 12.9. The zero-order chi connectivity index (χ0) is 15.5. The lowest BCUT2D eigenvalue weighted by Crippen LogP contribution is -2.38. The summed E-state index contributed by atoms with van der Waals surface area (Å²) in [6.07, 6.45) is -0.0641. The van der Waals surface area contributed by atoms with Crippen molar-refractivity contribution in [2.75, 3.05) is 31.7 Å². The van der Waals surface area contributed by atoms with Crippen molar-refractivity contribution in [1.29, 1.82) is 0 Å². The molecule has 0 radical (unpaired) electrons. The summed E-state index contributed by atoms with van der Waals surface area (Å²) in [6, 6.07) is 7.17. The minimum absolute atomic E-state index is 0.0102. The summed E-state index contributed by atoms with van der Waals surface area (Å²) in [5.41, 5.74) is 1.70. The Kier molecular flexibility index (Phi) is 4.26. The number of hydrogen-bond donors (Lipinski definition) is 0. The lowest BCUT2D eigenvalue weighted by molar-refractivity contribution is -0.385. The molecule has 1 saturated heterocycles. The number of morpholine rings is 1. The highest BCUT2D eigenvalue weighted by atomic mass is 32.1. The van der Waals surface area contributed by atoms with Gasteiger partial charge in [-0.15, -0.1) is 0 Å². The predicted molar refractivity (Wildman–Crippen MR) is 84.9 cm³/mol. The van der Waals surface area contributed by atoms with Gasteiger partial charge in [0.2, 0.25) is 0 Å². The molecule has 1 aliphatic heterocycles. The predicted octanol–water partition coefficient (Wildman–Crippen LogP) is 3.24. The second-order valence-corrected chi connectivity index (χ2v) is 5.73. The summed E-state index contributed by atoms with van der Waals surface area (Å²) in [4.78, 5) is 13.0. The Morgan fingerprint density at radius 2 is 2.32 bits per heavy atom. The van der Waals surface area contributed by atoms with E-state index in [1.165, 1.54) is 7.11 Å². The van der Waals surface area contributed by atoms with Crippen molar-refractivity contribution in [1.82, 2.24) is 0 Å². The van der Waals surface area contributed by atoms with Gasteiger partial charge in [0.25, 0.3) is 0 Å². The van der Waals surface area contributed by atoms with Crippen LogP contribution in [0.3, 0.4) is 0 Å². The van der Waals surface area contributed by atoms with E-state index in [0.29, 0.717) is 25.4 Å². The van der Waals surface area contributed by atoms with Crippen LogP contribution in [0.5, 0.6) is 5.75 Å². The summed E-state index contributed by atoms with van der Waals surface area (Å²) in [5, 5.41) is 15.5. The Morgan fingerprint density at radius 1 is 1.45 bits per heavy atom. The van der Waals surface area contributed by atoms with E-state index in [1.54, 1.807) is 29.5 Å². The average Bonchev–Trinajstić information content (AvgIpc) is 3.08. The van der Waals surface area contributed by atoms with Gasteiger partial charge in [0, 0.05) is 13.1 Å². The molecule has 1 atom stereocenters. The van der Waals surface area contributed by atoms with Gasteiger partial charge in [-0.25, -0.2) is 0 Å². The lowest BCUT2D eigenvalue weighted by atomic mass is 10.1. The van der Waals surface area contributed by atoms with Gasteiger partial charge in [-0.05, 0) is 34.5 Å². The Bertz CT molecular complexity index is 660. The van der Waals surface area contributed by atoms with Crippen LogP contribution in [0, 0.1) is 10.1 Å². The molecular weight excluding hydrogens is 304 g/mol. The third kappa shape index (κ3) is 2.77. The molecule has 0 aliphatic carbocycles. The maximum absolute atomic E-state index is 11.4. The van der Waals surface area contributed by atoms with E-state index in [2.05, 4.69) is 0 Å². The molecular formula is C15H16N2O4S. The Balaban J connectivity index is 1.92. The standard InChI is InChI=1S/C15H16N2O4S/c1-20-13-4-2-3-12(15(13)17(18)19)16-6-7-21-14(9-16)11-5-8-22-10-11/h2-5,8,10,14H,6-7,9H2,1H3/t14-/m0/s1. The van der Waals surface area contributed by atoms with Crippen LogP contribution in [-0.2, 0) is 4.74 Å². The quantitative estimate of drug-likeness (QED) is 0.639. The molecule has 0 unspecified atom stereocenters. The molecule has 0 amide bonds. The van der Waals surface area contributed by atoms with Crippen LogP contribution in [-0.4, -0.2) is 31.7 Å². The van der Waals surface area contributed by atoms with Gasteiger partial charge in [-0.2, -0.15) is 11.3 Å². The van der Waals surface area contributed by atoms with Gasteiger partial charge in [0.05, 0.1) is 18.6 Å². The van der Waals surface area contributed by atoms with E-state index in [4.69, 9.17) is 9.47 Å². The number of thiophene rings is 1. The summed E-state index contributed by atoms with van der Waals surface area (Å²) < 4.78 is 10.9. The van der Waals surface area contributed by atoms with Gasteiger partial charge >= 0.3 is 5.69 Å². The van der Waals surface area contributed by atoms with Crippen LogP contribution in [0.15, 0.2) is 35.0 Å². The monoisotopic (exact) mass is 320 g/mol. The van der Waals surface area contributed by atoms with Crippen molar-refractivity contribution in [2.24, 2.45) is 0 Å². The number of para-hydroxylation sites is 1. The van der Waals surface area contributed by atoms with Gasteiger partial charge in [0.15, 0.2) is 5.75 Å². The van der Waals surface area contributed by atoms with Gasteiger partial charge < -0.3 is 14.4 Å². The molecule has 3 rings (SSSR count). The second-order valence-electron chi connectivity index (χ2n) is 4.95. The zero-order valence-electron chi connectivity index (χ0n) is 12.1. The number of ether oxygens (including phenoxy) is 2. The first kappa shape index (κ1) is 14.8. The van der Waals surface area contributed by atoms with E-state index in [9.17, 15) is 10.1 Å². The molecule has 22 heavy (non-hydrogen) atoms. The molecule has 2 heterocycles. The summed E-state index contributed by atoms with van der Waals surface area (Å²) in [6.45, 7) is 1.74. The van der Waals surface area contributed by atoms with Gasteiger partial charge in [0.1, 0.15) is 11.8 Å². The molecule has 1 aliphatic rings. The van der Waals surface area contributed by atoms with E-state index in [0.717, 1.165) is 5.56 Å². The fourth-order valence-electron chi connectivity index (χ4n) is 2.64. The van der Waals surface area contributed by atoms with Crippen LogP contribution in [0.2, 0.25) is 0 Å². The Hall–Kier alpha value is -2.12. The molecule has 0 saturated carbocycles. The molecule has 7 heteroatoms. The number of benzene rings is 1. The first-order valence-electron chi connectivity index (χ1n) is 6.90. The normalized spacial score (nSPS) is 18.2. The number of nitrogens with zero attached hydrogens (tertiary/aromatic N) is 2. The van der Waals surface area contributed by atoms with Gasteiger partial charge in [-0.3, -0.25) is 10.1 Å².